The third-order valence-electron chi connectivity index (χ3n) is 3.92. The summed E-state index contributed by atoms with van der Waals surface area (Å²) in [4.78, 5) is 13.4. The molecule has 7 nitrogen and oxygen atoms in total. The molecule has 130 valence electrons. The Balaban J connectivity index is 1.46. The predicted octanol–water partition coefficient (Wildman–Crippen LogP) is 3.11. The van der Waals surface area contributed by atoms with Crippen LogP contribution in [0.2, 0.25) is 0 Å². The van der Waals surface area contributed by atoms with Crippen LogP contribution in [-0.2, 0) is 11.8 Å². The van der Waals surface area contributed by atoms with Crippen molar-refractivity contribution in [3.63, 3.8) is 0 Å². The molecular weight excluding hydrogens is 356 g/mol. The van der Waals surface area contributed by atoms with Crippen LogP contribution in [0.25, 0.3) is 10.7 Å². The number of aryl methyl sites for hydroxylation is 2. The van der Waals surface area contributed by atoms with Gasteiger partial charge in [0, 0.05) is 19.2 Å². The van der Waals surface area contributed by atoms with Crippen LogP contribution in [0, 0.1) is 6.92 Å². The molecule has 4 rings (SSSR count). The van der Waals surface area contributed by atoms with E-state index in [1.165, 1.54) is 11.8 Å². The largest absolute Gasteiger partial charge is 0.310 e. The fraction of sp³-hybridized carbons (Fsp3) is 0.375. The molecule has 0 bridgehead atoms. The molecule has 0 unspecified atom stereocenters. The topological polar surface area (TPSA) is 77.6 Å². The summed E-state index contributed by atoms with van der Waals surface area (Å²) in [5.41, 5.74) is 0.875. The number of nitrogens with one attached hydrogen (secondary N) is 1. The second-order valence-electron chi connectivity index (χ2n) is 6.02. The number of amides is 1. The second-order valence-corrected chi connectivity index (χ2v) is 7.91. The van der Waals surface area contributed by atoms with Crippen molar-refractivity contribution in [3.05, 3.63) is 29.3 Å². The maximum absolute atomic E-state index is 12.3. The van der Waals surface area contributed by atoms with E-state index in [-0.39, 0.29) is 5.91 Å². The molecule has 0 atom stereocenters. The highest BCUT2D eigenvalue weighted by Crippen LogP contribution is 2.41. The number of hydrogen-bond acceptors (Lipinski definition) is 6. The highest BCUT2D eigenvalue weighted by Gasteiger charge is 2.30. The zero-order valence-electron chi connectivity index (χ0n) is 14.0. The Hall–Kier alpha value is -2.13. The van der Waals surface area contributed by atoms with Gasteiger partial charge in [-0.25, -0.2) is 0 Å². The van der Waals surface area contributed by atoms with Crippen molar-refractivity contribution >= 4 is 34.8 Å². The van der Waals surface area contributed by atoms with E-state index in [1.807, 2.05) is 31.5 Å². The van der Waals surface area contributed by atoms with Gasteiger partial charge in [-0.05, 0) is 31.2 Å². The van der Waals surface area contributed by atoms with E-state index in [9.17, 15) is 4.79 Å². The summed E-state index contributed by atoms with van der Waals surface area (Å²) >= 11 is 3.08. The lowest BCUT2D eigenvalue weighted by atomic mass is 10.4. The number of anilines is 1. The summed E-state index contributed by atoms with van der Waals surface area (Å²) in [5.74, 6) is 1.82. The number of thiophene rings is 1. The van der Waals surface area contributed by atoms with Gasteiger partial charge in [-0.1, -0.05) is 17.8 Å². The van der Waals surface area contributed by atoms with Gasteiger partial charge in [0.05, 0.1) is 16.3 Å². The van der Waals surface area contributed by atoms with Gasteiger partial charge in [-0.15, -0.1) is 21.5 Å². The van der Waals surface area contributed by atoms with Crippen LogP contribution in [0.4, 0.5) is 5.82 Å². The number of carbonyl (C=O) groups is 1. The molecule has 0 aliphatic heterocycles. The molecular formula is C16H18N6OS2. The molecule has 0 spiro atoms. The molecule has 1 amide bonds. The normalized spacial score (nSPS) is 14.0. The molecule has 25 heavy (non-hydrogen) atoms. The molecule has 0 aromatic carbocycles. The molecule has 9 heteroatoms. The van der Waals surface area contributed by atoms with Crippen molar-refractivity contribution in [2.45, 2.75) is 31.0 Å². The van der Waals surface area contributed by atoms with Crippen molar-refractivity contribution in [2.24, 2.45) is 7.05 Å². The SMILES string of the molecule is Cc1cc(NC(=O)CSc2nnc(-c3cccs3)n2C2CC2)n(C)n1. The van der Waals surface area contributed by atoms with Gasteiger partial charge in [0.15, 0.2) is 11.0 Å². The minimum absolute atomic E-state index is 0.0731. The van der Waals surface area contributed by atoms with Gasteiger partial charge in [0.25, 0.3) is 0 Å². The summed E-state index contributed by atoms with van der Waals surface area (Å²) in [6, 6.07) is 6.38. The van der Waals surface area contributed by atoms with Crippen molar-refractivity contribution in [3.8, 4) is 10.7 Å². The Morgan fingerprint density at radius 1 is 1.44 bits per heavy atom. The first kappa shape index (κ1) is 16.3. The molecule has 3 aromatic rings. The predicted molar refractivity (Wildman–Crippen MR) is 98.9 cm³/mol. The third kappa shape index (κ3) is 3.47. The third-order valence-corrected chi connectivity index (χ3v) is 5.73. The number of rotatable bonds is 6. The van der Waals surface area contributed by atoms with Crippen molar-refractivity contribution in [1.29, 1.82) is 0 Å². The summed E-state index contributed by atoms with van der Waals surface area (Å²) < 4.78 is 3.84. The molecule has 1 saturated carbocycles. The van der Waals surface area contributed by atoms with Gasteiger partial charge in [0.2, 0.25) is 5.91 Å². The molecule has 3 aromatic heterocycles. The van der Waals surface area contributed by atoms with Crippen molar-refractivity contribution in [2.75, 3.05) is 11.1 Å². The molecule has 1 N–H and O–H groups in total. The molecule has 3 heterocycles. The van der Waals surface area contributed by atoms with Gasteiger partial charge in [-0.2, -0.15) is 5.10 Å². The van der Waals surface area contributed by atoms with Crippen LogP contribution in [0.5, 0.6) is 0 Å². The van der Waals surface area contributed by atoms with E-state index >= 15 is 0 Å². The maximum atomic E-state index is 12.3. The number of thioether (sulfide) groups is 1. The zero-order chi connectivity index (χ0) is 17.4. The molecule has 1 aliphatic carbocycles. The van der Waals surface area contributed by atoms with Gasteiger partial charge in [0.1, 0.15) is 5.82 Å². The van der Waals surface area contributed by atoms with E-state index in [4.69, 9.17) is 0 Å². The maximum Gasteiger partial charge on any atom is 0.235 e. The molecule has 1 fully saturated rings. The second kappa shape index (κ2) is 6.64. The average molecular weight is 374 g/mol. The summed E-state index contributed by atoms with van der Waals surface area (Å²) in [5, 5.41) is 18.6. The number of carbonyl (C=O) groups excluding carboxylic acids is 1. The summed E-state index contributed by atoms with van der Waals surface area (Å²) in [6.45, 7) is 1.90. The lowest BCUT2D eigenvalue weighted by molar-refractivity contribution is -0.113. The lowest BCUT2D eigenvalue weighted by Crippen LogP contribution is -2.16. The van der Waals surface area contributed by atoms with E-state index in [1.54, 1.807) is 16.0 Å². The number of nitrogens with zero attached hydrogens (tertiary/aromatic N) is 5. The minimum Gasteiger partial charge on any atom is -0.310 e. The first-order valence-electron chi connectivity index (χ1n) is 8.04. The van der Waals surface area contributed by atoms with Crippen LogP contribution in [0.3, 0.4) is 0 Å². The van der Waals surface area contributed by atoms with E-state index in [2.05, 4.69) is 31.2 Å². The number of hydrogen-bond donors (Lipinski definition) is 1. The van der Waals surface area contributed by atoms with Gasteiger partial charge < -0.3 is 5.32 Å². The zero-order valence-corrected chi connectivity index (χ0v) is 15.6. The average Bonchev–Trinajstić information content (AvgIpc) is 2.98. The molecule has 1 aliphatic rings. The first-order chi connectivity index (χ1) is 12.1. The smallest absolute Gasteiger partial charge is 0.235 e. The fourth-order valence-electron chi connectivity index (χ4n) is 2.65. The van der Waals surface area contributed by atoms with Crippen LogP contribution in [0.1, 0.15) is 24.6 Å². The Bertz CT molecular complexity index is 894. The lowest BCUT2D eigenvalue weighted by Gasteiger charge is -2.08. The van der Waals surface area contributed by atoms with E-state index in [0.717, 1.165) is 34.4 Å². The van der Waals surface area contributed by atoms with Gasteiger partial charge in [-0.3, -0.25) is 14.0 Å². The summed E-state index contributed by atoms with van der Waals surface area (Å²) in [6.07, 6.45) is 2.29. The Morgan fingerprint density at radius 3 is 2.92 bits per heavy atom. The van der Waals surface area contributed by atoms with Crippen molar-refractivity contribution in [1.82, 2.24) is 24.5 Å². The van der Waals surface area contributed by atoms with Crippen molar-refractivity contribution < 1.29 is 4.79 Å². The van der Waals surface area contributed by atoms with Crippen LogP contribution < -0.4 is 5.32 Å². The molecule has 0 radical (unpaired) electrons. The van der Waals surface area contributed by atoms with Crippen LogP contribution in [-0.4, -0.2) is 36.2 Å². The Labute approximate surface area is 153 Å². The quantitative estimate of drug-likeness (QED) is 0.671. The van der Waals surface area contributed by atoms with Gasteiger partial charge >= 0.3 is 0 Å². The van der Waals surface area contributed by atoms with Crippen LogP contribution in [0.15, 0.2) is 28.7 Å². The highest BCUT2D eigenvalue weighted by molar-refractivity contribution is 7.99. The minimum atomic E-state index is -0.0731. The Morgan fingerprint density at radius 2 is 2.28 bits per heavy atom. The monoisotopic (exact) mass is 374 g/mol. The number of aromatic nitrogens is 5. The standard InChI is InChI=1S/C16H18N6OS2/c1-10-8-13(21(2)20-10)17-14(23)9-25-16-19-18-15(12-4-3-7-24-12)22(16)11-5-6-11/h3-4,7-8,11H,5-6,9H2,1-2H3,(H,17,23). The van der Waals surface area contributed by atoms with E-state index < -0.39 is 0 Å². The van der Waals surface area contributed by atoms with Crippen LogP contribution >= 0.6 is 23.1 Å². The molecule has 0 saturated heterocycles. The fourth-order valence-corrected chi connectivity index (χ4v) is 4.16. The highest BCUT2D eigenvalue weighted by atomic mass is 32.2. The van der Waals surface area contributed by atoms with E-state index in [0.29, 0.717) is 17.6 Å². The summed E-state index contributed by atoms with van der Waals surface area (Å²) in [7, 11) is 1.81. The Kier molecular flexibility index (Phi) is 4.34. The first-order valence-corrected chi connectivity index (χ1v) is 9.90.